The summed E-state index contributed by atoms with van der Waals surface area (Å²) in [6.45, 7) is 0. The maximum atomic E-state index is 4.44. The number of fused-ring (bicyclic) bond motifs is 1. The Hall–Kier alpha value is -1.31. The summed E-state index contributed by atoms with van der Waals surface area (Å²) in [4.78, 5) is 0. The SMILES string of the molecule is c1ccc2c(c1)[N]N=C2C1CCCCCCC1. The summed E-state index contributed by atoms with van der Waals surface area (Å²) in [7, 11) is 0. The third-order valence-corrected chi connectivity index (χ3v) is 3.94. The molecule has 0 aromatic heterocycles. The van der Waals surface area contributed by atoms with E-state index in [1.165, 1.54) is 56.2 Å². The van der Waals surface area contributed by atoms with Gasteiger partial charge in [-0.15, -0.1) is 0 Å². The summed E-state index contributed by atoms with van der Waals surface area (Å²) in [5, 5.41) is 4.44. The Kier molecular flexibility index (Phi) is 3.12. The van der Waals surface area contributed by atoms with Gasteiger partial charge in [0, 0.05) is 11.5 Å². The van der Waals surface area contributed by atoms with Crippen molar-refractivity contribution in [2.24, 2.45) is 11.0 Å². The van der Waals surface area contributed by atoms with Crippen LogP contribution in [0.5, 0.6) is 0 Å². The van der Waals surface area contributed by atoms with Crippen molar-refractivity contribution in [1.82, 2.24) is 5.43 Å². The number of rotatable bonds is 1. The zero-order chi connectivity index (χ0) is 11.5. The summed E-state index contributed by atoms with van der Waals surface area (Å²) in [6.07, 6.45) is 9.49. The summed E-state index contributed by atoms with van der Waals surface area (Å²) in [5.74, 6) is 0.641. The lowest BCUT2D eigenvalue weighted by atomic mass is 9.85. The van der Waals surface area contributed by atoms with E-state index in [1.54, 1.807) is 0 Å². The van der Waals surface area contributed by atoms with Crippen LogP contribution in [-0.4, -0.2) is 5.71 Å². The molecule has 0 bridgehead atoms. The molecule has 2 heteroatoms. The second-order valence-electron chi connectivity index (χ2n) is 5.14. The van der Waals surface area contributed by atoms with Crippen LogP contribution < -0.4 is 5.43 Å². The Morgan fingerprint density at radius 3 is 2.41 bits per heavy atom. The van der Waals surface area contributed by atoms with Gasteiger partial charge >= 0.3 is 0 Å². The molecular weight excluding hydrogens is 208 g/mol. The quantitative estimate of drug-likeness (QED) is 0.693. The second kappa shape index (κ2) is 4.91. The summed E-state index contributed by atoms with van der Waals surface area (Å²) >= 11 is 0. The molecule has 0 unspecified atom stereocenters. The van der Waals surface area contributed by atoms with Gasteiger partial charge < -0.3 is 0 Å². The molecule has 1 radical (unpaired) electrons. The van der Waals surface area contributed by atoms with E-state index in [1.807, 2.05) is 6.07 Å². The van der Waals surface area contributed by atoms with E-state index in [-0.39, 0.29) is 0 Å². The summed E-state index contributed by atoms with van der Waals surface area (Å²) < 4.78 is 0. The van der Waals surface area contributed by atoms with Gasteiger partial charge in [-0.1, -0.05) is 50.3 Å². The number of hydrogen-bond acceptors (Lipinski definition) is 1. The van der Waals surface area contributed by atoms with Crippen LogP contribution in [0.3, 0.4) is 0 Å². The van der Waals surface area contributed by atoms with Crippen LogP contribution in [0.25, 0.3) is 0 Å². The Balaban J connectivity index is 1.80. The van der Waals surface area contributed by atoms with Gasteiger partial charge in [0.2, 0.25) is 0 Å². The average Bonchev–Trinajstić information content (AvgIpc) is 2.73. The minimum absolute atomic E-state index is 0.641. The first-order chi connectivity index (χ1) is 8.45. The number of nitrogens with zero attached hydrogens (tertiary/aromatic N) is 2. The third kappa shape index (κ3) is 2.21. The molecule has 2 aliphatic rings. The van der Waals surface area contributed by atoms with Crippen LogP contribution in [-0.2, 0) is 0 Å². The van der Waals surface area contributed by atoms with Crippen LogP contribution in [0.15, 0.2) is 29.4 Å². The summed E-state index contributed by atoms with van der Waals surface area (Å²) in [6, 6.07) is 8.37. The molecule has 1 aliphatic carbocycles. The smallest absolute Gasteiger partial charge is 0.0948 e. The monoisotopic (exact) mass is 227 g/mol. The first-order valence-corrected chi connectivity index (χ1v) is 6.83. The molecule has 89 valence electrons. The van der Waals surface area contributed by atoms with E-state index < -0.39 is 0 Å². The largest absolute Gasteiger partial charge is 0.154 e. The van der Waals surface area contributed by atoms with Crippen molar-refractivity contribution in [1.29, 1.82) is 0 Å². The molecule has 0 spiro atoms. The fourth-order valence-electron chi connectivity index (χ4n) is 2.97. The second-order valence-corrected chi connectivity index (χ2v) is 5.14. The van der Waals surface area contributed by atoms with E-state index in [0.29, 0.717) is 5.92 Å². The lowest BCUT2D eigenvalue weighted by Crippen LogP contribution is -2.15. The van der Waals surface area contributed by atoms with E-state index in [4.69, 9.17) is 0 Å². The predicted molar refractivity (Wildman–Crippen MR) is 70.6 cm³/mol. The fourth-order valence-corrected chi connectivity index (χ4v) is 2.97. The maximum absolute atomic E-state index is 4.44. The molecule has 0 saturated heterocycles. The van der Waals surface area contributed by atoms with Gasteiger partial charge in [-0.05, 0) is 18.9 Å². The Labute approximate surface area is 103 Å². The van der Waals surface area contributed by atoms with Gasteiger partial charge in [0.25, 0.3) is 0 Å². The van der Waals surface area contributed by atoms with Gasteiger partial charge in [-0.2, -0.15) is 10.5 Å². The maximum Gasteiger partial charge on any atom is 0.0948 e. The zero-order valence-electron chi connectivity index (χ0n) is 10.2. The topological polar surface area (TPSA) is 26.5 Å². The van der Waals surface area contributed by atoms with Crippen LogP contribution in [0, 0.1) is 5.92 Å². The summed E-state index contributed by atoms with van der Waals surface area (Å²) in [5.41, 5.74) is 7.89. The van der Waals surface area contributed by atoms with Crippen LogP contribution in [0.2, 0.25) is 0 Å². The lowest BCUT2D eigenvalue weighted by Gasteiger charge is -2.19. The van der Waals surface area contributed by atoms with E-state index in [2.05, 4.69) is 28.7 Å². The van der Waals surface area contributed by atoms with E-state index in [0.717, 1.165) is 5.69 Å². The van der Waals surface area contributed by atoms with Crippen molar-refractivity contribution in [3.63, 3.8) is 0 Å². The first-order valence-electron chi connectivity index (χ1n) is 6.83. The third-order valence-electron chi connectivity index (χ3n) is 3.94. The van der Waals surface area contributed by atoms with Crippen LogP contribution >= 0.6 is 0 Å². The van der Waals surface area contributed by atoms with Crippen LogP contribution in [0.1, 0.15) is 50.5 Å². The van der Waals surface area contributed by atoms with Crippen molar-refractivity contribution in [2.45, 2.75) is 44.9 Å². The minimum Gasteiger partial charge on any atom is -0.154 e. The number of hydrogen-bond donors (Lipinski definition) is 0. The highest BCUT2D eigenvalue weighted by Crippen LogP contribution is 2.31. The average molecular weight is 227 g/mol. The van der Waals surface area contributed by atoms with Gasteiger partial charge in [-0.3, -0.25) is 0 Å². The Morgan fingerprint density at radius 1 is 0.882 bits per heavy atom. The normalized spacial score (nSPS) is 21.1. The van der Waals surface area contributed by atoms with Crippen LogP contribution in [0.4, 0.5) is 5.69 Å². The van der Waals surface area contributed by atoms with Gasteiger partial charge in [0.15, 0.2) is 0 Å². The highest BCUT2D eigenvalue weighted by Gasteiger charge is 2.25. The van der Waals surface area contributed by atoms with Crippen molar-refractivity contribution < 1.29 is 0 Å². The Bertz CT molecular complexity index is 415. The molecule has 0 amide bonds. The number of benzene rings is 1. The van der Waals surface area contributed by atoms with Gasteiger partial charge in [0.05, 0.1) is 11.4 Å². The highest BCUT2D eigenvalue weighted by atomic mass is 15.3. The lowest BCUT2D eigenvalue weighted by molar-refractivity contribution is 0.452. The zero-order valence-corrected chi connectivity index (χ0v) is 10.2. The molecular formula is C15H19N2. The van der Waals surface area contributed by atoms with Crippen molar-refractivity contribution in [3.8, 4) is 0 Å². The molecule has 0 atom stereocenters. The fraction of sp³-hybridized carbons (Fsp3) is 0.533. The molecule has 17 heavy (non-hydrogen) atoms. The standard InChI is InChI=1S/C15H19N2/c1-2-4-8-12(9-5-3-1)15-13-10-6-7-11-14(13)16-17-15/h6-7,10-12H,1-5,8-9H2. The molecule has 2 nitrogen and oxygen atoms in total. The first kappa shape index (κ1) is 10.8. The van der Waals surface area contributed by atoms with Crippen molar-refractivity contribution in [2.75, 3.05) is 0 Å². The van der Waals surface area contributed by atoms with Crippen molar-refractivity contribution >= 4 is 11.4 Å². The molecule has 1 fully saturated rings. The van der Waals surface area contributed by atoms with E-state index in [9.17, 15) is 0 Å². The van der Waals surface area contributed by atoms with Gasteiger partial charge in [-0.25, -0.2) is 0 Å². The molecule has 1 aromatic carbocycles. The van der Waals surface area contributed by atoms with E-state index >= 15 is 0 Å². The molecule has 0 N–H and O–H groups in total. The predicted octanol–water partition coefficient (Wildman–Crippen LogP) is 4.00. The van der Waals surface area contributed by atoms with Gasteiger partial charge in [0.1, 0.15) is 0 Å². The molecule has 1 aromatic rings. The molecule has 1 aliphatic heterocycles. The molecule has 1 heterocycles. The molecule has 3 rings (SSSR count). The highest BCUT2D eigenvalue weighted by molar-refractivity contribution is 6.07. The Morgan fingerprint density at radius 2 is 1.59 bits per heavy atom. The molecule has 1 saturated carbocycles. The minimum atomic E-state index is 0.641. The van der Waals surface area contributed by atoms with Crippen molar-refractivity contribution in [3.05, 3.63) is 29.8 Å².